The van der Waals surface area contributed by atoms with Gasteiger partial charge in [0.15, 0.2) is 5.13 Å². The Labute approximate surface area is 100 Å². The Hall–Kier alpha value is -0.650. The number of hydrogen-bond acceptors (Lipinski definition) is 5. The van der Waals surface area contributed by atoms with Gasteiger partial charge in [-0.1, -0.05) is 0 Å². The normalized spacial score (nSPS) is 22.1. The molecule has 1 aromatic heterocycles. The third kappa shape index (κ3) is 2.53. The highest BCUT2D eigenvalue weighted by molar-refractivity contribution is 7.13. The topological polar surface area (TPSA) is 51.4 Å². The maximum absolute atomic E-state index is 5.81. The zero-order valence-corrected chi connectivity index (χ0v) is 10.9. The summed E-state index contributed by atoms with van der Waals surface area (Å²) in [5.74, 6) is 0. The third-order valence-corrected chi connectivity index (χ3v) is 3.59. The van der Waals surface area contributed by atoms with Crippen molar-refractivity contribution in [2.75, 3.05) is 24.6 Å². The number of ether oxygens (including phenoxy) is 1. The van der Waals surface area contributed by atoms with Gasteiger partial charge in [0.2, 0.25) is 0 Å². The lowest BCUT2D eigenvalue weighted by atomic mass is 10.1. The van der Waals surface area contributed by atoms with Gasteiger partial charge in [-0.2, -0.15) is 0 Å². The monoisotopic (exact) mass is 241 g/mol. The molecule has 2 rings (SSSR count). The summed E-state index contributed by atoms with van der Waals surface area (Å²) in [6.07, 6.45) is 0. The molecule has 0 amide bonds. The first-order valence-electron chi connectivity index (χ1n) is 5.58. The van der Waals surface area contributed by atoms with Crippen LogP contribution in [0.5, 0.6) is 0 Å². The van der Waals surface area contributed by atoms with Crippen molar-refractivity contribution in [1.82, 2.24) is 4.98 Å². The first kappa shape index (κ1) is 11.8. The molecule has 0 saturated carbocycles. The first-order valence-corrected chi connectivity index (χ1v) is 6.46. The molecule has 0 aliphatic carbocycles. The molecule has 1 aliphatic heterocycles. The highest BCUT2D eigenvalue weighted by atomic mass is 32.1. The van der Waals surface area contributed by atoms with Crippen LogP contribution in [0.2, 0.25) is 0 Å². The van der Waals surface area contributed by atoms with E-state index in [2.05, 4.69) is 23.7 Å². The lowest BCUT2D eigenvalue weighted by Gasteiger charge is -2.38. The van der Waals surface area contributed by atoms with Crippen molar-refractivity contribution in [3.05, 3.63) is 11.1 Å². The molecule has 5 heteroatoms. The Morgan fingerprint density at radius 3 is 2.94 bits per heavy atom. The molecule has 1 unspecified atom stereocenters. The minimum atomic E-state index is -0.0849. The molecule has 1 aliphatic rings. The van der Waals surface area contributed by atoms with Crippen molar-refractivity contribution in [2.24, 2.45) is 5.73 Å². The third-order valence-electron chi connectivity index (χ3n) is 2.67. The fourth-order valence-electron chi connectivity index (χ4n) is 1.81. The van der Waals surface area contributed by atoms with Crippen molar-refractivity contribution in [3.8, 4) is 0 Å². The van der Waals surface area contributed by atoms with Gasteiger partial charge in [0.25, 0.3) is 0 Å². The molecule has 90 valence electrons. The number of nitrogens with zero attached hydrogens (tertiary/aromatic N) is 2. The molecule has 1 saturated heterocycles. The molecule has 1 fully saturated rings. The van der Waals surface area contributed by atoms with Crippen LogP contribution < -0.4 is 10.6 Å². The minimum Gasteiger partial charge on any atom is -0.372 e. The fourth-order valence-corrected chi connectivity index (χ4v) is 2.77. The number of morpholine rings is 1. The summed E-state index contributed by atoms with van der Waals surface area (Å²) in [7, 11) is 0. The van der Waals surface area contributed by atoms with Crippen molar-refractivity contribution >= 4 is 16.5 Å². The standard InChI is InChI=1S/C11H19N3OS/c1-8(12)9-6-16-10(13-9)14-4-5-15-11(2,3)7-14/h6,8H,4-5,7,12H2,1-3H3. The second-order valence-electron chi connectivity index (χ2n) is 4.87. The van der Waals surface area contributed by atoms with Crippen LogP contribution in [0.15, 0.2) is 5.38 Å². The van der Waals surface area contributed by atoms with Crippen LogP contribution in [0.3, 0.4) is 0 Å². The van der Waals surface area contributed by atoms with Gasteiger partial charge in [-0.15, -0.1) is 11.3 Å². The van der Waals surface area contributed by atoms with E-state index in [0.29, 0.717) is 0 Å². The van der Waals surface area contributed by atoms with Gasteiger partial charge >= 0.3 is 0 Å². The molecule has 0 spiro atoms. The summed E-state index contributed by atoms with van der Waals surface area (Å²) in [6.45, 7) is 8.74. The van der Waals surface area contributed by atoms with Crippen molar-refractivity contribution in [1.29, 1.82) is 0 Å². The van der Waals surface area contributed by atoms with E-state index in [0.717, 1.165) is 30.5 Å². The Bertz CT molecular complexity index is 362. The molecule has 4 nitrogen and oxygen atoms in total. The molecule has 16 heavy (non-hydrogen) atoms. The average molecular weight is 241 g/mol. The van der Waals surface area contributed by atoms with E-state index < -0.39 is 0 Å². The molecule has 1 aromatic rings. The summed E-state index contributed by atoms with van der Waals surface area (Å²) in [6, 6.07) is 0.0130. The van der Waals surface area contributed by atoms with Gasteiger partial charge in [0.1, 0.15) is 0 Å². The number of hydrogen-bond donors (Lipinski definition) is 1. The number of thiazole rings is 1. The summed E-state index contributed by atoms with van der Waals surface area (Å²) < 4.78 is 5.68. The minimum absolute atomic E-state index is 0.0130. The van der Waals surface area contributed by atoms with Crippen LogP contribution in [0.1, 0.15) is 32.5 Å². The lowest BCUT2D eigenvalue weighted by Crippen LogP contribution is -2.48. The Morgan fingerprint density at radius 2 is 2.38 bits per heavy atom. The molecule has 2 heterocycles. The Balaban J connectivity index is 2.11. The van der Waals surface area contributed by atoms with Crippen molar-refractivity contribution in [2.45, 2.75) is 32.4 Å². The van der Waals surface area contributed by atoms with Crippen LogP contribution in [-0.4, -0.2) is 30.3 Å². The maximum atomic E-state index is 5.81. The van der Waals surface area contributed by atoms with E-state index in [1.807, 2.05) is 12.3 Å². The second kappa shape index (κ2) is 4.31. The summed E-state index contributed by atoms with van der Waals surface area (Å²) in [5, 5.41) is 3.10. The summed E-state index contributed by atoms with van der Waals surface area (Å²) in [4.78, 5) is 6.84. The van der Waals surface area contributed by atoms with Gasteiger partial charge in [-0.3, -0.25) is 0 Å². The van der Waals surface area contributed by atoms with Crippen LogP contribution in [0.4, 0.5) is 5.13 Å². The van der Waals surface area contributed by atoms with E-state index >= 15 is 0 Å². The van der Waals surface area contributed by atoms with Gasteiger partial charge in [0, 0.05) is 24.5 Å². The predicted molar refractivity (Wildman–Crippen MR) is 67.0 cm³/mol. The smallest absolute Gasteiger partial charge is 0.185 e. The van der Waals surface area contributed by atoms with E-state index in [-0.39, 0.29) is 11.6 Å². The highest BCUT2D eigenvalue weighted by Crippen LogP contribution is 2.27. The van der Waals surface area contributed by atoms with E-state index in [4.69, 9.17) is 10.5 Å². The molecule has 0 bridgehead atoms. The van der Waals surface area contributed by atoms with E-state index in [1.54, 1.807) is 11.3 Å². The quantitative estimate of drug-likeness (QED) is 0.857. The SMILES string of the molecule is CC(N)c1csc(N2CCOC(C)(C)C2)n1. The highest BCUT2D eigenvalue weighted by Gasteiger charge is 2.28. The molecule has 2 N–H and O–H groups in total. The number of rotatable bonds is 2. The van der Waals surface area contributed by atoms with Gasteiger partial charge < -0.3 is 15.4 Å². The lowest BCUT2D eigenvalue weighted by molar-refractivity contribution is -0.0277. The van der Waals surface area contributed by atoms with Gasteiger partial charge in [-0.25, -0.2) is 4.98 Å². The van der Waals surface area contributed by atoms with Crippen LogP contribution in [0, 0.1) is 0 Å². The number of nitrogens with two attached hydrogens (primary N) is 1. The zero-order chi connectivity index (χ0) is 11.8. The van der Waals surface area contributed by atoms with Crippen LogP contribution in [-0.2, 0) is 4.74 Å². The second-order valence-corrected chi connectivity index (χ2v) is 5.71. The number of aromatic nitrogens is 1. The first-order chi connectivity index (χ1) is 7.48. The average Bonchev–Trinajstić information content (AvgIpc) is 2.64. The molecule has 0 aromatic carbocycles. The molecule has 0 radical (unpaired) electrons. The Morgan fingerprint density at radius 1 is 1.62 bits per heavy atom. The van der Waals surface area contributed by atoms with E-state index in [1.165, 1.54) is 0 Å². The van der Waals surface area contributed by atoms with E-state index in [9.17, 15) is 0 Å². The van der Waals surface area contributed by atoms with Crippen molar-refractivity contribution in [3.63, 3.8) is 0 Å². The molecular formula is C11H19N3OS. The zero-order valence-electron chi connectivity index (χ0n) is 10.1. The summed E-state index contributed by atoms with van der Waals surface area (Å²) >= 11 is 1.66. The predicted octanol–water partition coefficient (Wildman–Crippen LogP) is 1.78. The van der Waals surface area contributed by atoms with Crippen LogP contribution >= 0.6 is 11.3 Å². The van der Waals surface area contributed by atoms with Crippen LogP contribution in [0.25, 0.3) is 0 Å². The maximum Gasteiger partial charge on any atom is 0.185 e. The largest absolute Gasteiger partial charge is 0.372 e. The van der Waals surface area contributed by atoms with Crippen molar-refractivity contribution < 1.29 is 4.74 Å². The van der Waals surface area contributed by atoms with Gasteiger partial charge in [-0.05, 0) is 20.8 Å². The molecular weight excluding hydrogens is 222 g/mol. The number of anilines is 1. The Kier molecular flexibility index (Phi) is 3.19. The molecule has 1 atom stereocenters. The van der Waals surface area contributed by atoms with Gasteiger partial charge in [0.05, 0.1) is 17.9 Å². The summed E-state index contributed by atoms with van der Waals surface area (Å²) in [5.41, 5.74) is 6.70. The fraction of sp³-hybridized carbons (Fsp3) is 0.727.